The molecule has 0 aromatic carbocycles. The molecule has 0 aromatic heterocycles. The number of rotatable bonds is 2. The van der Waals surface area contributed by atoms with Crippen LogP contribution >= 0.6 is 0 Å². The molecule has 2 atom stereocenters. The number of allylic oxidation sites excluding steroid dienone is 1. The van der Waals surface area contributed by atoms with Gasteiger partial charge in [-0.1, -0.05) is 12.2 Å². The van der Waals surface area contributed by atoms with Crippen molar-refractivity contribution in [2.45, 2.75) is 26.7 Å². The second-order valence-electron chi connectivity index (χ2n) is 4.37. The summed E-state index contributed by atoms with van der Waals surface area (Å²) in [6.45, 7) is 3.13. The van der Waals surface area contributed by atoms with Crippen LogP contribution in [0.1, 0.15) is 26.7 Å². The smallest absolute Gasteiger partial charge is 0.313 e. The zero-order valence-corrected chi connectivity index (χ0v) is 8.28. The van der Waals surface area contributed by atoms with Gasteiger partial charge in [0.1, 0.15) is 0 Å². The van der Waals surface area contributed by atoms with Crippen molar-refractivity contribution in [3.8, 4) is 0 Å². The average Bonchev–Trinajstić information content (AvgIpc) is 2.03. The van der Waals surface area contributed by atoms with Crippen LogP contribution < -0.4 is 0 Å². The molecular formula is C10H14O4. The SMILES string of the molecule is CC1(C(=O)O)C=CCC(C)(C(=O)O)C1. The minimum absolute atomic E-state index is 0.140. The van der Waals surface area contributed by atoms with Gasteiger partial charge in [-0.2, -0.15) is 0 Å². The van der Waals surface area contributed by atoms with E-state index in [9.17, 15) is 9.59 Å². The lowest BCUT2D eigenvalue weighted by Gasteiger charge is -2.35. The number of hydrogen-bond donors (Lipinski definition) is 2. The second kappa shape index (κ2) is 3.12. The van der Waals surface area contributed by atoms with Crippen LogP contribution in [0.2, 0.25) is 0 Å². The van der Waals surface area contributed by atoms with E-state index in [1.807, 2.05) is 0 Å². The van der Waals surface area contributed by atoms with Gasteiger partial charge in [0.25, 0.3) is 0 Å². The highest BCUT2D eigenvalue weighted by Crippen LogP contribution is 2.42. The van der Waals surface area contributed by atoms with Crippen molar-refractivity contribution >= 4 is 11.9 Å². The molecule has 0 fully saturated rings. The molecule has 2 N–H and O–H groups in total. The second-order valence-corrected chi connectivity index (χ2v) is 4.37. The summed E-state index contributed by atoms with van der Waals surface area (Å²) in [5.74, 6) is -1.91. The van der Waals surface area contributed by atoms with Gasteiger partial charge >= 0.3 is 11.9 Å². The van der Waals surface area contributed by atoms with E-state index in [-0.39, 0.29) is 6.42 Å². The summed E-state index contributed by atoms with van der Waals surface area (Å²) in [5.41, 5.74) is -2.01. The van der Waals surface area contributed by atoms with E-state index in [4.69, 9.17) is 10.2 Å². The summed E-state index contributed by atoms with van der Waals surface area (Å²) in [7, 11) is 0. The predicted octanol–water partition coefficient (Wildman–Crippen LogP) is 1.52. The summed E-state index contributed by atoms with van der Waals surface area (Å²) in [6.07, 6.45) is 3.76. The maximum Gasteiger partial charge on any atom is 0.313 e. The largest absolute Gasteiger partial charge is 0.481 e. The van der Waals surface area contributed by atoms with Crippen LogP contribution in [-0.2, 0) is 9.59 Å². The molecule has 0 radical (unpaired) electrons. The van der Waals surface area contributed by atoms with Gasteiger partial charge in [-0.15, -0.1) is 0 Å². The van der Waals surface area contributed by atoms with Crippen molar-refractivity contribution in [1.29, 1.82) is 0 Å². The Morgan fingerprint density at radius 2 is 1.79 bits per heavy atom. The molecule has 0 aliphatic heterocycles. The predicted molar refractivity (Wildman–Crippen MR) is 49.9 cm³/mol. The van der Waals surface area contributed by atoms with Gasteiger partial charge in [-0.05, 0) is 26.7 Å². The zero-order chi connectivity index (χ0) is 11.0. The molecule has 1 aliphatic rings. The maximum atomic E-state index is 11.0. The molecule has 2 unspecified atom stereocenters. The van der Waals surface area contributed by atoms with E-state index in [0.717, 1.165) is 0 Å². The van der Waals surface area contributed by atoms with Crippen molar-refractivity contribution in [2.75, 3.05) is 0 Å². The van der Waals surface area contributed by atoms with Crippen LogP contribution in [0.5, 0.6) is 0 Å². The van der Waals surface area contributed by atoms with E-state index in [0.29, 0.717) is 6.42 Å². The molecule has 0 saturated heterocycles. The Kier molecular flexibility index (Phi) is 2.39. The standard InChI is InChI=1S/C10H14O4/c1-9(7(11)12)4-3-5-10(2,6-9)8(13)14/h3-4H,5-6H2,1-2H3,(H,11,12)(H,13,14). The first-order valence-corrected chi connectivity index (χ1v) is 4.45. The van der Waals surface area contributed by atoms with Gasteiger partial charge in [0.2, 0.25) is 0 Å². The van der Waals surface area contributed by atoms with Crippen LogP contribution in [-0.4, -0.2) is 22.2 Å². The molecule has 1 aliphatic carbocycles. The maximum absolute atomic E-state index is 11.0. The lowest BCUT2D eigenvalue weighted by Crippen LogP contribution is -2.39. The van der Waals surface area contributed by atoms with Crippen molar-refractivity contribution in [1.82, 2.24) is 0 Å². The lowest BCUT2D eigenvalue weighted by molar-refractivity contribution is -0.154. The number of hydrogen-bond acceptors (Lipinski definition) is 2. The Morgan fingerprint density at radius 1 is 1.21 bits per heavy atom. The van der Waals surface area contributed by atoms with Gasteiger partial charge in [0.15, 0.2) is 0 Å². The van der Waals surface area contributed by atoms with Crippen LogP contribution in [0.25, 0.3) is 0 Å². The normalized spacial score (nSPS) is 36.7. The molecule has 0 heterocycles. The first-order chi connectivity index (χ1) is 6.30. The minimum Gasteiger partial charge on any atom is -0.481 e. The van der Waals surface area contributed by atoms with E-state index in [1.54, 1.807) is 26.0 Å². The fraction of sp³-hybridized carbons (Fsp3) is 0.600. The molecule has 0 amide bonds. The topological polar surface area (TPSA) is 74.6 Å². The summed E-state index contributed by atoms with van der Waals surface area (Å²) in [6, 6.07) is 0. The van der Waals surface area contributed by atoms with Crippen molar-refractivity contribution in [3.63, 3.8) is 0 Å². The Bertz CT molecular complexity index is 307. The fourth-order valence-corrected chi connectivity index (χ4v) is 1.83. The summed E-state index contributed by atoms with van der Waals surface area (Å²) in [4.78, 5) is 21.9. The third kappa shape index (κ3) is 1.64. The van der Waals surface area contributed by atoms with Crippen LogP contribution in [0.4, 0.5) is 0 Å². The Morgan fingerprint density at radius 3 is 2.21 bits per heavy atom. The zero-order valence-electron chi connectivity index (χ0n) is 8.28. The van der Waals surface area contributed by atoms with E-state index >= 15 is 0 Å². The van der Waals surface area contributed by atoms with Gasteiger partial charge < -0.3 is 10.2 Å². The third-order valence-corrected chi connectivity index (χ3v) is 2.82. The molecule has 0 saturated carbocycles. The molecule has 0 bridgehead atoms. The molecule has 78 valence electrons. The minimum atomic E-state index is -1.05. The third-order valence-electron chi connectivity index (χ3n) is 2.82. The van der Waals surface area contributed by atoms with Crippen molar-refractivity contribution < 1.29 is 19.8 Å². The highest BCUT2D eigenvalue weighted by molar-refractivity contribution is 5.81. The highest BCUT2D eigenvalue weighted by Gasteiger charge is 2.45. The van der Waals surface area contributed by atoms with Crippen molar-refractivity contribution in [3.05, 3.63) is 12.2 Å². The van der Waals surface area contributed by atoms with E-state index in [1.165, 1.54) is 0 Å². The van der Waals surface area contributed by atoms with Crippen LogP contribution in [0.15, 0.2) is 12.2 Å². The van der Waals surface area contributed by atoms with Crippen LogP contribution in [0.3, 0.4) is 0 Å². The molecule has 0 aromatic rings. The highest BCUT2D eigenvalue weighted by atomic mass is 16.4. The van der Waals surface area contributed by atoms with E-state index in [2.05, 4.69) is 0 Å². The molecular weight excluding hydrogens is 184 g/mol. The molecule has 4 nitrogen and oxygen atoms in total. The lowest BCUT2D eigenvalue weighted by atomic mass is 9.67. The van der Waals surface area contributed by atoms with Gasteiger partial charge in [0.05, 0.1) is 10.8 Å². The van der Waals surface area contributed by atoms with Gasteiger partial charge in [0, 0.05) is 0 Å². The average molecular weight is 198 g/mol. The Hall–Kier alpha value is -1.32. The molecule has 0 spiro atoms. The molecule has 14 heavy (non-hydrogen) atoms. The first-order valence-electron chi connectivity index (χ1n) is 4.45. The number of carbonyl (C=O) groups is 2. The molecule has 4 heteroatoms. The first kappa shape index (κ1) is 10.8. The fourth-order valence-electron chi connectivity index (χ4n) is 1.83. The van der Waals surface area contributed by atoms with Gasteiger partial charge in [-0.3, -0.25) is 9.59 Å². The molecule has 1 rings (SSSR count). The summed E-state index contributed by atoms with van der Waals surface area (Å²) < 4.78 is 0. The van der Waals surface area contributed by atoms with Crippen molar-refractivity contribution in [2.24, 2.45) is 10.8 Å². The Labute approximate surface area is 82.2 Å². The number of carboxylic acid groups (broad SMARTS) is 2. The number of carboxylic acids is 2. The summed E-state index contributed by atoms with van der Waals surface area (Å²) >= 11 is 0. The monoisotopic (exact) mass is 198 g/mol. The quantitative estimate of drug-likeness (QED) is 0.659. The summed E-state index contributed by atoms with van der Waals surface area (Å²) in [5, 5.41) is 18.0. The van der Waals surface area contributed by atoms with Gasteiger partial charge in [-0.25, -0.2) is 0 Å². The van der Waals surface area contributed by atoms with E-state index < -0.39 is 22.8 Å². The Balaban J connectivity index is 3.00. The number of aliphatic carboxylic acids is 2. The van der Waals surface area contributed by atoms with Crippen LogP contribution in [0, 0.1) is 10.8 Å².